The summed E-state index contributed by atoms with van der Waals surface area (Å²) >= 11 is 0. The van der Waals surface area contributed by atoms with Gasteiger partial charge in [-0.2, -0.15) is 0 Å². The van der Waals surface area contributed by atoms with Crippen LogP contribution in [-0.4, -0.2) is 24.5 Å². The van der Waals surface area contributed by atoms with Crippen LogP contribution in [0.1, 0.15) is 0 Å². The molecular formula is C40H27N5. The van der Waals surface area contributed by atoms with Crippen LogP contribution in [0.3, 0.4) is 0 Å². The van der Waals surface area contributed by atoms with Crippen molar-refractivity contribution >= 4 is 11.0 Å². The minimum absolute atomic E-state index is 0.610. The summed E-state index contributed by atoms with van der Waals surface area (Å²) in [6.07, 6.45) is 0. The number of fused-ring (bicyclic) bond motifs is 1. The Morgan fingerprint density at radius 3 is 1.49 bits per heavy atom. The van der Waals surface area contributed by atoms with E-state index in [1.54, 1.807) is 0 Å². The summed E-state index contributed by atoms with van der Waals surface area (Å²) in [5.74, 6) is 2.73. The van der Waals surface area contributed by atoms with Crippen LogP contribution in [0.15, 0.2) is 164 Å². The van der Waals surface area contributed by atoms with Crippen LogP contribution in [0.25, 0.3) is 73.4 Å². The number of nitrogens with zero attached hydrogens (tertiary/aromatic N) is 5. The molecule has 8 rings (SSSR count). The Balaban J connectivity index is 1.29. The van der Waals surface area contributed by atoms with E-state index in [1.165, 1.54) is 5.56 Å². The van der Waals surface area contributed by atoms with Crippen LogP contribution in [0, 0.1) is 0 Å². The third kappa shape index (κ3) is 5.17. The van der Waals surface area contributed by atoms with Crippen molar-refractivity contribution in [1.82, 2.24) is 24.5 Å². The van der Waals surface area contributed by atoms with Crippen molar-refractivity contribution in [2.24, 2.45) is 0 Å². The largest absolute Gasteiger partial charge is 0.292 e. The first kappa shape index (κ1) is 26.4. The van der Waals surface area contributed by atoms with E-state index in [2.05, 4.69) is 83.4 Å². The number of imidazole rings is 1. The molecule has 45 heavy (non-hydrogen) atoms. The van der Waals surface area contributed by atoms with Crippen molar-refractivity contribution in [3.05, 3.63) is 164 Å². The molecule has 8 aromatic rings. The normalized spacial score (nSPS) is 11.1. The van der Waals surface area contributed by atoms with E-state index in [1.807, 2.05) is 84.9 Å². The molecule has 0 unspecified atom stereocenters. The van der Waals surface area contributed by atoms with Crippen LogP contribution in [0.5, 0.6) is 0 Å². The molecule has 0 amide bonds. The molecule has 5 heteroatoms. The highest BCUT2D eigenvalue weighted by Gasteiger charge is 2.17. The van der Waals surface area contributed by atoms with Gasteiger partial charge in [0.05, 0.1) is 11.0 Å². The molecule has 0 atom stereocenters. The van der Waals surface area contributed by atoms with E-state index < -0.39 is 0 Å². The van der Waals surface area contributed by atoms with E-state index >= 15 is 0 Å². The summed E-state index contributed by atoms with van der Waals surface area (Å²) in [5.41, 5.74) is 9.08. The standard InChI is InChI=1S/C40H27N5/c1-4-14-28(15-5-1)31-20-13-23-34(27-31)45-36-25-11-10-24-35(36)41-40(45)33-22-12-21-32(26-33)39-43-37(29-16-6-2-7-17-29)42-38(44-39)30-18-8-3-9-19-30/h1-27H. The topological polar surface area (TPSA) is 56.5 Å². The first-order valence-electron chi connectivity index (χ1n) is 14.9. The van der Waals surface area contributed by atoms with Gasteiger partial charge in [-0.05, 0) is 41.5 Å². The number of hydrogen-bond acceptors (Lipinski definition) is 4. The van der Waals surface area contributed by atoms with Gasteiger partial charge in [0.25, 0.3) is 0 Å². The fourth-order valence-corrected chi connectivity index (χ4v) is 5.67. The van der Waals surface area contributed by atoms with E-state index in [-0.39, 0.29) is 0 Å². The Bertz CT molecular complexity index is 2200. The summed E-state index contributed by atoms with van der Waals surface area (Å²) < 4.78 is 2.24. The van der Waals surface area contributed by atoms with Gasteiger partial charge >= 0.3 is 0 Å². The molecule has 5 nitrogen and oxygen atoms in total. The van der Waals surface area contributed by atoms with Gasteiger partial charge in [-0.15, -0.1) is 0 Å². The van der Waals surface area contributed by atoms with Gasteiger partial charge in [-0.25, -0.2) is 19.9 Å². The Hall–Kier alpha value is -6.20. The molecule has 0 saturated heterocycles. The second-order valence-electron chi connectivity index (χ2n) is 10.8. The fraction of sp³-hybridized carbons (Fsp3) is 0. The molecular weight excluding hydrogens is 550 g/mol. The summed E-state index contributed by atoms with van der Waals surface area (Å²) in [6.45, 7) is 0. The SMILES string of the molecule is c1ccc(-c2cccc(-n3c(-c4cccc(-c5nc(-c6ccccc6)nc(-c6ccccc6)n5)c4)nc4ccccc43)c2)cc1. The molecule has 0 fully saturated rings. The molecule has 0 aliphatic heterocycles. The highest BCUT2D eigenvalue weighted by molar-refractivity contribution is 5.84. The van der Waals surface area contributed by atoms with Crippen LogP contribution < -0.4 is 0 Å². The number of benzene rings is 6. The number of aromatic nitrogens is 5. The maximum absolute atomic E-state index is 5.14. The predicted molar refractivity (Wildman–Crippen MR) is 182 cm³/mol. The molecule has 6 aromatic carbocycles. The molecule has 0 saturated carbocycles. The minimum atomic E-state index is 0.610. The lowest BCUT2D eigenvalue weighted by atomic mass is 10.0. The van der Waals surface area contributed by atoms with Gasteiger partial charge in [0, 0.05) is 27.9 Å². The average Bonchev–Trinajstić information content (AvgIpc) is 3.53. The smallest absolute Gasteiger partial charge is 0.164 e. The van der Waals surface area contributed by atoms with Crippen molar-refractivity contribution in [1.29, 1.82) is 0 Å². The highest BCUT2D eigenvalue weighted by Crippen LogP contribution is 2.33. The molecule has 0 N–H and O–H groups in total. The van der Waals surface area contributed by atoms with Gasteiger partial charge in [-0.1, -0.05) is 133 Å². The quantitative estimate of drug-likeness (QED) is 0.197. The first-order chi connectivity index (χ1) is 22.3. The maximum atomic E-state index is 5.14. The molecule has 0 bridgehead atoms. The van der Waals surface area contributed by atoms with Crippen molar-refractivity contribution in [3.8, 4) is 62.4 Å². The number of para-hydroxylation sites is 2. The van der Waals surface area contributed by atoms with Crippen molar-refractivity contribution in [3.63, 3.8) is 0 Å². The van der Waals surface area contributed by atoms with Gasteiger partial charge in [0.15, 0.2) is 17.5 Å². The predicted octanol–water partition coefficient (Wildman–Crippen LogP) is 9.55. The molecule has 0 aliphatic rings. The Morgan fingerprint density at radius 2 is 0.822 bits per heavy atom. The monoisotopic (exact) mass is 577 g/mol. The second kappa shape index (κ2) is 11.5. The van der Waals surface area contributed by atoms with Crippen LogP contribution in [0.2, 0.25) is 0 Å². The van der Waals surface area contributed by atoms with Crippen LogP contribution in [0.4, 0.5) is 0 Å². The molecule has 2 heterocycles. The lowest BCUT2D eigenvalue weighted by Gasteiger charge is -2.13. The third-order valence-electron chi connectivity index (χ3n) is 7.85. The molecule has 2 aromatic heterocycles. The lowest BCUT2D eigenvalue weighted by Crippen LogP contribution is -2.01. The van der Waals surface area contributed by atoms with E-state index in [0.29, 0.717) is 17.5 Å². The van der Waals surface area contributed by atoms with E-state index in [4.69, 9.17) is 19.9 Å². The maximum Gasteiger partial charge on any atom is 0.164 e. The Kier molecular flexibility index (Phi) is 6.74. The van der Waals surface area contributed by atoms with Gasteiger partial charge in [0.2, 0.25) is 0 Å². The third-order valence-corrected chi connectivity index (χ3v) is 7.85. The number of rotatable bonds is 6. The summed E-state index contributed by atoms with van der Waals surface area (Å²) in [6, 6.07) is 55.7. The second-order valence-corrected chi connectivity index (χ2v) is 10.8. The average molecular weight is 578 g/mol. The van der Waals surface area contributed by atoms with E-state index in [9.17, 15) is 0 Å². The van der Waals surface area contributed by atoms with Crippen LogP contribution in [-0.2, 0) is 0 Å². The lowest BCUT2D eigenvalue weighted by molar-refractivity contribution is 1.07. The Labute approximate surface area is 261 Å². The molecule has 0 aliphatic carbocycles. The fourth-order valence-electron chi connectivity index (χ4n) is 5.67. The van der Waals surface area contributed by atoms with Crippen LogP contribution >= 0.6 is 0 Å². The molecule has 0 spiro atoms. The Morgan fingerprint density at radius 1 is 0.333 bits per heavy atom. The zero-order valence-corrected chi connectivity index (χ0v) is 24.3. The van der Waals surface area contributed by atoms with Crippen molar-refractivity contribution in [2.45, 2.75) is 0 Å². The van der Waals surface area contributed by atoms with E-state index in [0.717, 1.165) is 50.4 Å². The molecule has 212 valence electrons. The zero-order valence-electron chi connectivity index (χ0n) is 24.3. The van der Waals surface area contributed by atoms with Gasteiger partial charge in [0.1, 0.15) is 5.82 Å². The summed E-state index contributed by atoms with van der Waals surface area (Å²) in [5, 5.41) is 0. The summed E-state index contributed by atoms with van der Waals surface area (Å²) in [7, 11) is 0. The first-order valence-corrected chi connectivity index (χ1v) is 14.9. The van der Waals surface area contributed by atoms with Crippen molar-refractivity contribution < 1.29 is 0 Å². The van der Waals surface area contributed by atoms with Gasteiger partial charge < -0.3 is 0 Å². The number of hydrogen-bond donors (Lipinski definition) is 0. The molecule has 0 radical (unpaired) electrons. The zero-order chi connectivity index (χ0) is 30.0. The highest BCUT2D eigenvalue weighted by atomic mass is 15.1. The van der Waals surface area contributed by atoms with Crippen molar-refractivity contribution in [2.75, 3.05) is 0 Å². The minimum Gasteiger partial charge on any atom is -0.292 e. The van der Waals surface area contributed by atoms with Gasteiger partial charge in [-0.3, -0.25) is 4.57 Å². The summed E-state index contributed by atoms with van der Waals surface area (Å²) in [4.78, 5) is 19.9.